The van der Waals surface area contributed by atoms with E-state index in [0.717, 1.165) is 11.2 Å². The fourth-order valence-electron chi connectivity index (χ4n) is 3.34. The van der Waals surface area contributed by atoms with Gasteiger partial charge in [0.25, 0.3) is 5.91 Å². The van der Waals surface area contributed by atoms with Gasteiger partial charge in [0.15, 0.2) is 0 Å². The van der Waals surface area contributed by atoms with Gasteiger partial charge in [-0.2, -0.15) is 10.4 Å². The lowest BCUT2D eigenvalue weighted by Crippen LogP contribution is -2.42. The summed E-state index contributed by atoms with van der Waals surface area (Å²) < 4.78 is 15.8. The van der Waals surface area contributed by atoms with Gasteiger partial charge in [-0.15, -0.1) is 0 Å². The van der Waals surface area contributed by atoms with Gasteiger partial charge in [0.2, 0.25) is 0 Å². The SMILES string of the molecule is CC(C)(O)C(F)CNC(=O)c1cnc(-c2ccc3cc(C#N)cnn23)cc1Nc1ccccc1. The molecule has 0 saturated carbocycles. The first kappa shape index (κ1) is 22.9. The van der Waals surface area contributed by atoms with Gasteiger partial charge in [0.05, 0.1) is 52.1 Å². The molecular formula is C25H23FN6O2. The number of amides is 1. The maximum absolute atomic E-state index is 14.2. The fraction of sp³-hybridized carbons (Fsp3) is 0.200. The van der Waals surface area contributed by atoms with E-state index >= 15 is 0 Å². The summed E-state index contributed by atoms with van der Waals surface area (Å²) in [6.07, 6.45) is 1.25. The van der Waals surface area contributed by atoms with E-state index in [-0.39, 0.29) is 12.1 Å². The predicted octanol–water partition coefficient (Wildman–Crippen LogP) is 3.85. The molecule has 0 fully saturated rings. The summed E-state index contributed by atoms with van der Waals surface area (Å²) in [4.78, 5) is 17.3. The number of nitrogens with zero attached hydrogens (tertiary/aromatic N) is 4. The van der Waals surface area contributed by atoms with Gasteiger partial charge in [0.1, 0.15) is 12.2 Å². The average Bonchev–Trinajstić information content (AvgIpc) is 3.25. The molecule has 0 aliphatic heterocycles. The Balaban J connectivity index is 1.70. The van der Waals surface area contributed by atoms with Crippen molar-refractivity contribution in [3.05, 3.63) is 78.1 Å². The number of aromatic nitrogens is 3. The molecule has 0 spiro atoms. The van der Waals surface area contributed by atoms with Gasteiger partial charge in [0, 0.05) is 11.9 Å². The number of anilines is 2. The Morgan fingerprint density at radius 3 is 2.68 bits per heavy atom. The van der Waals surface area contributed by atoms with E-state index in [1.54, 1.807) is 16.6 Å². The topological polar surface area (TPSA) is 115 Å². The highest BCUT2D eigenvalue weighted by Gasteiger charge is 2.27. The fourth-order valence-corrected chi connectivity index (χ4v) is 3.34. The van der Waals surface area contributed by atoms with Crippen LogP contribution in [0.2, 0.25) is 0 Å². The number of nitrogens with one attached hydrogen (secondary N) is 2. The number of carbonyl (C=O) groups is 1. The molecule has 0 aliphatic carbocycles. The van der Waals surface area contributed by atoms with Crippen molar-refractivity contribution in [1.82, 2.24) is 19.9 Å². The quantitative estimate of drug-likeness (QED) is 0.387. The number of pyridine rings is 1. The number of fused-ring (bicyclic) bond motifs is 1. The van der Waals surface area contributed by atoms with Gasteiger partial charge in [-0.3, -0.25) is 9.78 Å². The van der Waals surface area contributed by atoms with Crippen LogP contribution in [0.5, 0.6) is 0 Å². The van der Waals surface area contributed by atoms with Crippen LogP contribution in [0, 0.1) is 11.3 Å². The lowest BCUT2D eigenvalue weighted by molar-refractivity contribution is -0.00177. The van der Waals surface area contributed by atoms with Crippen molar-refractivity contribution in [3.63, 3.8) is 0 Å². The van der Waals surface area contributed by atoms with Crippen LogP contribution in [0.1, 0.15) is 29.8 Å². The number of halogens is 1. The highest BCUT2D eigenvalue weighted by molar-refractivity contribution is 6.00. The number of rotatable bonds is 7. The van der Waals surface area contributed by atoms with Crippen LogP contribution < -0.4 is 10.6 Å². The number of para-hydroxylation sites is 1. The third-order valence-electron chi connectivity index (χ3n) is 5.30. The van der Waals surface area contributed by atoms with Crippen LogP contribution in [0.25, 0.3) is 16.9 Å². The molecule has 34 heavy (non-hydrogen) atoms. The van der Waals surface area contributed by atoms with E-state index in [2.05, 4.69) is 26.8 Å². The van der Waals surface area contributed by atoms with Crippen LogP contribution >= 0.6 is 0 Å². The van der Waals surface area contributed by atoms with Crippen molar-refractivity contribution >= 4 is 22.8 Å². The Labute approximate surface area is 195 Å². The van der Waals surface area contributed by atoms with E-state index in [1.165, 1.54) is 26.2 Å². The Morgan fingerprint density at radius 2 is 1.97 bits per heavy atom. The van der Waals surface area contributed by atoms with E-state index < -0.39 is 17.7 Å². The third kappa shape index (κ3) is 4.87. The smallest absolute Gasteiger partial charge is 0.255 e. The minimum absolute atomic E-state index is 0.219. The molecule has 0 saturated heterocycles. The summed E-state index contributed by atoms with van der Waals surface area (Å²) in [5.41, 5.74) is 2.27. The Kier molecular flexibility index (Phi) is 6.25. The van der Waals surface area contributed by atoms with E-state index in [1.807, 2.05) is 42.5 Å². The minimum Gasteiger partial charge on any atom is -0.387 e. The third-order valence-corrected chi connectivity index (χ3v) is 5.30. The maximum Gasteiger partial charge on any atom is 0.255 e. The molecule has 172 valence electrons. The lowest BCUT2D eigenvalue weighted by atomic mass is 10.0. The summed E-state index contributed by atoms with van der Waals surface area (Å²) in [6.45, 7) is 2.35. The normalized spacial score (nSPS) is 12.2. The molecule has 3 heterocycles. The van der Waals surface area contributed by atoms with Gasteiger partial charge < -0.3 is 15.7 Å². The van der Waals surface area contributed by atoms with Crippen molar-refractivity contribution in [2.45, 2.75) is 25.6 Å². The zero-order valence-electron chi connectivity index (χ0n) is 18.7. The van der Waals surface area contributed by atoms with Crippen molar-refractivity contribution in [3.8, 4) is 17.5 Å². The number of aliphatic hydroxyl groups is 1. The van der Waals surface area contributed by atoms with Crippen LogP contribution in [-0.2, 0) is 0 Å². The van der Waals surface area contributed by atoms with E-state index in [4.69, 9.17) is 5.26 Å². The number of nitriles is 1. The molecule has 0 aliphatic rings. The van der Waals surface area contributed by atoms with Gasteiger partial charge in [-0.05, 0) is 50.2 Å². The molecule has 1 atom stereocenters. The molecule has 0 bridgehead atoms. The largest absolute Gasteiger partial charge is 0.387 e. The lowest BCUT2D eigenvalue weighted by Gasteiger charge is -2.22. The van der Waals surface area contributed by atoms with Crippen LogP contribution in [0.4, 0.5) is 15.8 Å². The summed E-state index contributed by atoms with van der Waals surface area (Å²) >= 11 is 0. The number of benzene rings is 1. The van der Waals surface area contributed by atoms with Crippen molar-refractivity contribution in [2.24, 2.45) is 0 Å². The van der Waals surface area contributed by atoms with E-state index in [9.17, 15) is 14.3 Å². The summed E-state index contributed by atoms with van der Waals surface area (Å²) in [5.74, 6) is -0.527. The van der Waals surface area contributed by atoms with Gasteiger partial charge in [-0.25, -0.2) is 8.91 Å². The summed E-state index contributed by atoms with van der Waals surface area (Å²) in [5, 5.41) is 29.0. The van der Waals surface area contributed by atoms with Crippen molar-refractivity contribution in [1.29, 1.82) is 5.26 Å². The molecule has 4 aromatic rings. The monoisotopic (exact) mass is 458 g/mol. The number of alkyl halides is 1. The van der Waals surface area contributed by atoms with Crippen molar-refractivity contribution in [2.75, 3.05) is 11.9 Å². The summed E-state index contributed by atoms with van der Waals surface area (Å²) in [6, 6.07) is 18.5. The van der Waals surface area contributed by atoms with Crippen LogP contribution in [-0.4, -0.2) is 43.9 Å². The predicted molar refractivity (Wildman–Crippen MR) is 126 cm³/mol. The molecular weight excluding hydrogens is 435 g/mol. The first-order valence-corrected chi connectivity index (χ1v) is 10.6. The Bertz CT molecular complexity index is 1370. The minimum atomic E-state index is -1.63. The average molecular weight is 458 g/mol. The van der Waals surface area contributed by atoms with E-state index in [0.29, 0.717) is 22.6 Å². The van der Waals surface area contributed by atoms with Crippen LogP contribution in [0.3, 0.4) is 0 Å². The molecule has 3 N–H and O–H groups in total. The zero-order chi connectivity index (χ0) is 24.3. The number of carbonyl (C=O) groups excluding carboxylic acids is 1. The second-order valence-electron chi connectivity index (χ2n) is 8.35. The molecule has 1 unspecified atom stereocenters. The first-order chi connectivity index (χ1) is 16.3. The zero-order valence-corrected chi connectivity index (χ0v) is 18.7. The Morgan fingerprint density at radius 1 is 1.21 bits per heavy atom. The molecule has 4 rings (SSSR count). The number of hydrogen-bond acceptors (Lipinski definition) is 6. The first-order valence-electron chi connectivity index (χ1n) is 10.6. The highest BCUT2D eigenvalue weighted by atomic mass is 19.1. The second-order valence-corrected chi connectivity index (χ2v) is 8.35. The number of hydrogen-bond donors (Lipinski definition) is 3. The molecule has 1 aromatic carbocycles. The van der Waals surface area contributed by atoms with Crippen molar-refractivity contribution < 1.29 is 14.3 Å². The van der Waals surface area contributed by atoms with Gasteiger partial charge in [-0.1, -0.05) is 18.2 Å². The second kappa shape index (κ2) is 9.29. The molecule has 9 heteroatoms. The summed E-state index contributed by atoms with van der Waals surface area (Å²) in [7, 11) is 0. The highest BCUT2D eigenvalue weighted by Crippen LogP contribution is 2.27. The molecule has 1 amide bonds. The van der Waals surface area contributed by atoms with Crippen LogP contribution in [0.15, 0.2) is 67.0 Å². The Hall–Kier alpha value is -4.29. The standard InChI is InChI=1S/C25H23FN6O2/c1-25(2,34)23(26)15-29-24(33)19-14-28-21(11-20(19)31-17-6-4-3-5-7-17)22-9-8-18-10-16(12-27)13-30-32(18)22/h3-11,13-14,23,34H,15H2,1-2H3,(H,28,31)(H,29,33). The maximum atomic E-state index is 14.2. The molecule has 3 aromatic heterocycles. The molecule has 8 nitrogen and oxygen atoms in total. The van der Waals surface area contributed by atoms with Gasteiger partial charge >= 0.3 is 0 Å². The molecule has 0 radical (unpaired) electrons.